The molecule has 4 aliphatic carbocycles. The van der Waals surface area contributed by atoms with Gasteiger partial charge in [-0.1, -0.05) is 79.2 Å². The normalized spacial score (nSPS) is 30.5. The molecule has 0 N–H and O–H groups in total. The number of para-hydroxylation sites is 2. The van der Waals surface area contributed by atoms with Crippen LogP contribution in [0.3, 0.4) is 0 Å². The molecular formula is C44H39BN2. The molecule has 12 rings (SSSR count). The Bertz CT molecular complexity index is 2170. The fraction of sp³-hybridized carbons (Fsp3) is 0.318. The van der Waals surface area contributed by atoms with Gasteiger partial charge in [0.2, 0.25) is 0 Å². The number of fused-ring (bicyclic) bond motifs is 12. The molecule has 0 amide bonds. The molecule has 47 heavy (non-hydrogen) atoms. The lowest BCUT2D eigenvalue weighted by Gasteiger charge is -2.68. The van der Waals surface area contributed by atoms with Crippen LogP contribution in [0.4, 0.5) is 34.1 Å². The van der Waals surface area contributed by atoms with Crippen molar-refractivity contribution in [2.75, 3.05) is 9.80 Å². The predicted molar refractivity (Wildman–Crippen MR) is 195 cm³/mol. The largest absolute Gasteiger partial charge is 0.311 e. The minimum absolute atomic E-state index is 0.147. The number of anilines is 6. The molecule has 3 heterocycles. The van der Waals surface area contributed by atoms with Gasteiger partial charge in [0.05, 0.1) is 5.69 Å². The van der Waals surface area contributed by atoms with Gasteiger partial charge in [-0.15, -0.1) is 0 Å². The average Bonchev–Trinajstić information content (AvgIpc) is 3.50. The van der Waals surface area contributed by atoms with Crippen LogP contribution in [0.2, 0.25) is 0 Å². The van der Waals surface area contributed by atoms with Gasteiger partial charge in [-0.3, -0.25) is 0 Å². The fourth-order valence-corrected chi connectivity index (χ4v) is 13.3. The molecule has 0 radical (unpaired) electrons. The van der Waals surface area contributed by atoms with Crippen LogP contribution < -0.4 is 26.2 Å². The van der Waals surface area contributed by atoms with Gasteiger partial charge in [0.15, 0.2) is 0 Å². The summed E-state index contributed by atoms with van der Waals surface area (Å²) in [4.78, 5) is 5.26. The van der Waals surface area contributed by atoms with E-state index in [0.29, 0.717) is 5.41 Å². The Morgan fingerprint density at radius 3 is 2.15 bits per heavy atom. The van der Waals surface area contributed by atoms with Crippen LogP contribution in [-0.4, -0.2) is 6.71 Å². The maximum atomic E-state index is 2.72. The topological polar surface area (TPSA) is 6.48 Å². The molecule has 4 atom stereocenters. The molecule has 5 aromatic rings. The molecule has 0 aromatic heterocycles. The van der Waals surface area contributed by atoms with E-state index in [9.17, 15) is 0 Å². The number of hydrogen-bond acceptors (Lipinski definition) is 2. The van der Waals surface area contributed by atoms with Gasteiger partial charge >= 0.3 is 0 Å². The van der Waals surface area contributed by atoms with Gasteiger partial charge in [-0.2, -0.15) is 0 Å². The first-order valence-corrected chi connectivity index (χ1v) is 18.3. The predicted octanol–water partition coefficient (Wildman–Crippen LogP) is 8.70. The van der Waals surface area contributed by atoms with Gasteiger partial charge in [-0.05, 0) is 144 Å². The molecule has 228 valence electrons. The van der Waals surface area contributed by atoms with Crippen molar-refractivity contribution in [1.82, 2.24) is 0 Å². The molecule has 5 aromatic carbocycles. The molecule has 3 bridgehead atoms. The number of rotatable bonds is 2. The van der Waals surface area contributed by atoms with E-state index in [1.807, 2.05) is 0 Å². The molecule has 2 nitrogen and oxygen atoms in total. The SMILES string of the molecule is CCc1ccc2c(c1)B1c3cccc4c3N(c3ccccc3C43C4CC5CC6CC3C4(C5)C6)c3cccc(c31)N2c1ccc(C)cc1. The summed E-state index contributed by atoms with van der Waals surface area (Å²) >= 11 is 0. The molecule has 4 fully saturated rings. The van der Waals surface area contributed by atoms with Crippen LogP contribution in [0.1, 0.15) is 61.3 Å². The van der Waals surface area contributed by atoms with Gasteiger partial charge in [0, 0.05) is 33.9 Å². The van der Waals surface area contributed by atoms with Crippen molar-refractivity contribution in [2.24, 2.45) is 29.1 Å². The van der Waals surface area contributed by atoms with Crippen LogP contribution >= 0.6 is 0 Å². The molecule has 3 heteroatoms. The number of benzene rings is 5. The summed E-state index contributed by atoms with van der Waals surface area (Å²) in [5.41, 5.74) is 19.3. The van der Waals surface area contributed by atoms with Crippen LogP contribution in [0.5, 0.6) is 0 Å². The zero-order chi connectivity index (χ0) is 30.8. The Morgan fingerprint density at radius 1 is 0.660 bits per heavy atom. The first-order chi connectivity index (χ1) is 23.1. The molecule has 4 unspecified atom stereocenters. The highest BCUT2D eigenvalue weighted by Crippen LogP contribution is 2.85. The summed E-state index contributed by atoms with van der Waals surface area (Å²) in [6.07, 6.45) is 8.41. The number of hydrogen-bond donors (Lipinski definition) is 0. The number of nitrogens with zero attached hydrogens (tertiary/aromatic N) is 2. The first-order valence-electron chi connectivity index (χ1n) is 18.3. The Kier molecular flexibility index (Phi) is 4.63. The summed E-state index contributed by atoms with van der Waals surface area (Å²) in [6, 6.07) is 40.7. The Morgan fingerprint density at radius 2 is 1.36 bits per heavy atom. The lowest BCUT2D eigenvalue weighted by atomic mass is 9.31. The minimum Gasteiger partial charge on any atom is -0.311 e. The third-order valence-corrected chi connectivity index (χ3v) is 14.4. The highest BCUT2D eigenvalue weighted by Gasteiger charge is 2.79. The molecule has 7 aliphatic rings. The van der Waals surface area contributed by atoms with E-state index in [0.717, 1.165) is 30.1 Å². The highest BCUT2D eigenvalue weighted by molar-refractivity contribution is 7.00. The van der Waals surface area contributed by atoms with Gasteiger partial charge in [-0.25, -0.2) is 0 Å². The van der Waals surface area contributed by atoms with Crippen molar-refractivity contribution in [3.05, 3.63) is 125 Å². The van der Waals surface area contributed by atoms with E-state index in [1.165, 1.54) is 93.7 Å². The van der Waals surface area contributed by atoms with Crippen molar-refractivity contribution >= 4 is 57.2 Å². The van der Waals surface area contributed by atoms with Crippen molar-refractivity contribution in [1.29, 1.82) is 0 Å². The van der Waals surface area contributed by atoms with E-state index in [-0.39, 0.29) is 12.1 Å². The highest BCUT2D eigenvalue weighted by atomic mass is 15.2. The van der Waals surface area contributed by atoms with Crippen LogP contribution in [0.25, 0.3) is 0 Å². The summed E-state index contributed by atoms with van der Waals surface area (Å²) in [7, 11) is 0. The van der Waals surface area contributed by atoms with Gasteiger partial charge < -0.3 is 9.80 Å². The van der Waals surface area contributed by atoms with E-state index >= 15 is 0 Å². The summed E-state index contributed by atoms with van der Waals surface area (Å²) in [5.74, 6) is 3.45. The summed E-state index contributed by atoms with van der Waals surface area (Å²) < 4.78 is 0. The minimum atomic E-state index is 0.147. The van der Waals surface area contributed by atoms with E-state index in [4.69, 9.17) is 0 Å². The van der Waals surface area contributed by atoms with Crippen molar-refractivity contribution in [2.45, 2.75) is 57.8 Å². The van der Waals surface area contributed by atoms with Crippen LogP contribution in [-0.2, 0) is 11.8 Å². The second-order valence-electron chi connectivity index (χ2n) is 16.2. The quantitative estimate of drug-likeness (QED) is 0.182. The Balaban J connectivity index is 1.17. The smallest absolute Gasteiger partial charge is 0.252 e. The monoisotopic (exact) mass is 606 g/mol. The lowest BCUT2D eigenvalue weighted by molar-refractivity contribution is -0.0844. The Hall–Kier alpha value is -4.24. The van der Waals surface area contributed by atoms with Crippen LogP contribution in [0.15, 0.2) is 103 Å². The molecule has 3 aliphatic heterocycles. The number of aryl methyl sites for hydroxylation is 2. The van der Waals surface area contributed by atoms with Crippen molar-refractivity contribution in [3.8, 4) is 0 Å². The maximum absolute atomic E-state index is 2.72. The maximum Gasteiger partial charge on any atom is 0.252 e. The van der Waals surface area contributed by atoms with Crippen molar-refractivity contribution in [3.63, 3.8) is 0 Å². The van der Waals surface area contributed by atoms with Crippen LogP contribution in [0, 0.1) is 36.0 Å². The van der Waals surface area contributed by atoms with E-state index in [2.05, 4.69) is 127 Å². The standard InChI is InChI=1S/C44H39BN2/c1-3-27-16-19-36-34(21-27)45-33-10-6-9-32-42(33)47(38-13-7-12-37(41(38)45)46(36)30-17-14-26(2)15-18-30)35-11-5-4-8-31(35)44(32)39-22-28-20-29-23-40(44)43(39,24-28)25-29/h4-19,21,28-29,39-40H,3,20,22-25H2,1-2H3. The molecule has 0 saturated heterocycles. The lowest BCUT2D eigenvalue weighted by Crippen LogP contribution is -2.67. The third kappa shape index (κ3) is 2.79. The van der Waals surface area contributed by atoms with E-state index in [1.54, 1.807) is 11.1 Å². The van der Waals surface area contributed by atoms with Crippen molar-refractivity contribution < 1.29 is 0 Å². The van der Waals surface area contributed by atoms with Gasteiger partial charge in [0.25, 0.3) is 6.71 Å². The second-order valence-corrected chi connectivity index (χ2v) is 16.2. The molecule has 4 saturated carbocycles. The summed E-state index contributed by atoms with van der Waals surface area (Å²) in [6.45, 7) is 4.69. The first kappa shape index (κ1) is 25.8. The Labute approximate surface area is 278 Å². The molecule has 2 spiro atoms. The molecular weight excluding hydrogens is 567 g/mol. The second kappa shape index (κ2) is 8.42. The third-order valence-electron chi connectivity index (χ3n) is 14.4. The zero-order valence-electron chi connectivity index (χ0n) is 27.3. The average molecular weight is 607 g/mol. The zero-order valence-corrected chi connectivity index (χ0v) is 27.3. The summed E-state index contributed by atoms with van der Waals surface area (Å²) in [5, 5.41) is 0. The van der Waals surface area contributed by atoms with E-state index < -0.39 is 0 Å². The van der Waals surface area contributed by atoms with Gasteiger partial charge in [0.1, 0.15) is 0 Å². The fourth-order valence-electron chi connectivity index (χ4n) is 13.3.